The van der Waals surface area contributed by atoms with E-state index in [9.17, 15) is 13.4 Å². The van der Waals surface area contributed by atoms with Crippen LogP contribution in [0.4, 0.5) is 10.1 Å². The quantitative estimate of drug-likeness (QED) is 0.795. The van der Waals surface area contributed by atoms with E-state index in [1.807, 2.05) is 6.92 Å². The van der Waals surface area contributed by atoms with Gasteiger partial charge in [-0.1, -0.05) is 6.08 Å². The first-order valence-corrected chi connectivity index (χ1v) is 9.45. The zero-order valence-corrected chi connectivity index (χ0v) is 15.8. The molecule has 2 aromatic rings. The molecule has 2 unspecified atom stereocenters. The topological polar surface area (TPSA) is 86.9 Å². The fourth-order valence-electron chi connectivity index (χ4n) is 3.07. The van der Waals surface area contributed by atoms with Gasteiger partial charge < -0.3 is 9.88 Å². The molecule has 0 fully saturated rings. The summed E-state index contributed by atoms with van der Waals surface area (Å²) < 4.78 is 30.8. The van der Waals surface area contributed by atoms with E-state index < -0.39 is 28.2 Å². The maximum absolute atomic E-state index is 13.5. The molecule has 6 nitrogen and oxygen atoms in total. The number of carbonyl (C=O) groups is 1. The molecule has 2 heterocycles. The van der Waals surface area contributed by atoms with Gasteiger partial charge in [-0.15, -0.1) is 6.58 Å². The Bertz CT molecular complexity index is 1010. The van der Waals surface area contributed by atoms with Gasteiger partial charge >= 0.3 is 0 Å². The lowest BCUT2D eigenvalue weighted by Gasteiger charge is -2.23. The number of halogens is 1. The van der Waals surface area contributed by atoms with Crippen LogP contribution in [-0.2, 0) is 24.5 Å². The van der Waals surface area contributed by atoms with Gasteiger partial charge in [0.05, 0.1) is 10.5 Å². The molecule has 1 amide bonds. The van der Waals surface area contributed by atoms with Crippen molar-refractivity contribution in [3.8, 4) is 6.07 Å². The van der Waals surface area contributed by atoms with E-state index in [2.05, 4.69) is 16.6 Å². The number of amides is 1. The number of hydrogen-bond acceptors (Lipinski definition) is 3. The molecule has 1 aromatic heterocycles. The lowest BCUT2D eigenvalue weighted by Crippen LogP contribution is -2.40. The molecule has 0 bridgehead atoms. The van der Waals surface area contributed by atoms with E-state index in [4.69, 9.17) is 5.26 Å². The number of carbonyl (C=O) groups excluding carboxylic acids is 1. The lowest BCUT2D eigenvalue weighted by molar-refractivity contribution is 0.101. The van der Waals surface area contributed by atoms with E-state index in [1.54, 1.807) is 30.0 Å². The molecule has 3 rings (SSSR count). The Labute approximate surface area is 159 Å². The zero-order valence-electron chi connectivity index (χ0n) is 15.0. The van der Waals surface area contributed by atoms with Gasteiger partial charge in [-0.2, -0.15) is 5.26 Å². The molecule has 0 spiro atoms. The van der Waals surface area contributed by atoms with Crippen molar-refractivity contribution in [2.45, 2.75) is 30.2 Å². The third-order valence-corrected chi connectivity index (χ3v) is 6.08. The molecule has 0 aliphatic carbocycles. The predicted octanol–water partition coefficient (Wildman–Crippen LogP) is 2.79. The smallest absolute Gasteiger partial charge is 0.272 e. The highest BCUT2D eigenvalue weighted by Crippen LogP contribution is 2.30. The Hall–Kier alpha value is -2.76. The number of aryl methyl sites for hydroxylation is 1. The van der Waals surface area contributed by atoms with Crippen molar-refractivity contribution in [1.29, 1.82) is 5.26 Å². The SMILES string of the molecule is C=CC1(C)CCc2c(cn(C)c2C(=O)Nc2ccc(F)c(C#N)c2)S(=O)N1. The highest BCUT2D eigenvalue weighted by atomic mass is 32.2. The minimum Gasteiger partial charge on any atom is -0.345 e. The first kappa shape index (κ1) is 19.0. The first-order chi connectivity index (χ1) is 12.8. The number of nitrogens with one attached hydrogen (secondary N) is 2. The predicted molar refractivity (Wildman–Crippen MR) is 101 cm³/mol. The molecule has 27 heavy (non-hydrogen) atoms. The molecule has 1 aliphatic rings. The zero-order chi connectivity index (χ0) is 19.8. The molecule has 0 saturated heterocycles. The molecule has 2 N–H and O–H groups in total. The molecule has 2 atom stereocenters. The number of nitrogens with zero attached hydrogens (tertiary/aromatic N) is 2. The Morgan fingerprint density at radius 2 is 2.30 bits per heavy atom. The molecular formula is C19H19FN4O2S. The van der Waals surface area contributed by atoms with Crippen molar-refractivity contribution in [2.75, 3.05) is 5.32 Å². The summed E-state index contributed by atoms with van der Waals surface area (Å²) in [5.74, 6) is -1.05. The number of nitriles is 1. The number of hydrogen-bond donors (Lipinski definition) is 2. The molecule has 140 valence electrons. The van der Waals surface area contributed by atoms with E-state index >= 15 is 0 Å². The van der Waals surface area contributed by atoms with Crippen LogP contribution in [-0.4, -0.2) is 20.2 Å². The van der Waals surface area contributed by atoms with E-state index in [0.29, 0.717) is 34.7 Å². The van der Waals surface area contributed by atoms with Gasteiger partial charge in [-0.3, -0.25) is 4.79 Å². The van der Waals surface area contributed by atoms with E-state index in [1.165, 1.54) is 12.1 Å². The second-order valence-electron chi connectivity index (χ2n) is 6.68. The van der Waals surface area contributed by atoms with Crippen LogP contribution >= 0.6 is 0 Å². The number of benzene rings is 1. The van der Waals surface area contributed by atoms with Crippen molar-refractivity contribution in [1.82, 2.24) is 9.29 Å². The van der Waals surface area contributed by atoms with Crippen LogP contribution in [0.2, 0.25) is 0 Å². The van der Waals surface area contributed by atoms with Gasteiger partial charge in [0, 0.05) is 30.0 Å². The summed E-state index contributed by atoms with van der Waals surface area (Å²) in [5, 5.41) is 11.6. The number of fused-ring (bicyclic) bond motifs is 1. The summed E-state index contributed by atoms with van der Waals surface area (Å²) in [6.45, 7) is 5.70. The normalized spacial score (nSPS) is 21.6. The third kappa shape index (κ3) is 3.56. The molecule has 1 aliphatic heterocycles. The summed E-state index contributed by atoms with van der Waals surface area (Å²) in [6, 6.07) is 5.55. The highest BCUT2D eigenvalue weighted by Gasteiger charge is 2.32. The largest absolute Gasteiger partial charge is 0.345 e. The maximum Gasteiger partial charge on any atom is 0.272 e. The Morgan fingerprint density at radius 1 is 1.56 bits per heavy atom. The average Bonchev–Trinajstić information content (AvgIpc) is 2.92. The summed E-state index contributed by atoms with van der Waals surface area (Å²) in [6.07, 6.45) is 4.58. The monoisotopic (exact) mass is 386 g/mol. The van der Waals surface area contributed by atoms with Crippen LogP contribution in [0.3, 0.4) is 0 Å². The Morgan fingerprint density at radius 3 is 2.96 bits per heavy atom. The van der Waals surface area contributed by atoms with Crippen molar-refractivity contribution in [3.63, 3.8) is 0 Å². The number of anilines is 1. The van der Waals surface area contributed by atoms with Gasteiger partial charge in [0.2, 0.25) is 0 Å². The Balaban J connectivity index is 1.95. The van der Waals surface area contributed by atoms with Gasteiger partial charge in [-0.25, -0.2) is 13.3 Å². The minimum atomic E-state index is -1.48. The second kappa shape index (κ2) is 7.10. The van der Waals surface area contributed by atoms with Gasteiger partial charge in [0.1, 0.15) is 28.6 Å². The molecule has 1 aromatic carbocycles. The van der Waals surface area contributed by atoms with Crippen molar-refractivity contribution >= 4 is 22.6 Å². The van der Waals surface area contributed by atoms with Crippen molar-refractivity contribution in [3.05, 3.63) is 59.7 Å². The van der Waals surface area contributed by atoms with Gasteiger partial charge in [-0.05, 0) is 38.0 Å². The molecule has 8 heteroatoms. The van der Waals surface area contributed by atoms with E-state index in [-0.39, 0.29) is 5.56 Å². The minimum absolute atomic E-state index is 0.148. The highest BCUT2D eigenvalue weighted by molar-refractivity contribution is 7.83. The van der Waals surface area contributed by atoms with Crippen molar-refractivity contribution in [2.24, 2.45) is 7.05 Å². The molecule has 0 saturated carbocycles. The lowest BCUT2D eigenvalue weighted by atomic mass is 9.94. The van der Waals surface area contributed by atoms with Crippen LogP contribution < -0.4 is 10.0 Å². The van der Waals surface area contributed by atoms with Crippen LogP contribution in [0.1, 0.15) is 35.0 Å². The molecular weight excluding hydrogens is 367 g/mol. The maximum atomic E-state index is 13.5. The van der Waals surface area contributed by atoms with Gasteiger partial charge in [0.25, 0.3) is 5.91 Å². The first-order valence-electron chi connectivity index (χ1n) is 8.30. The number of aromatic nitrogens is 1. The third-order valence-electron chi connectivity index (χ3n) is 4.68. The number of rotatable bonds is 3. The van der Waals surface area contributed by atoms with Crippen LogP contribution in [0.15, 0.2) is 41.9 Å². The summed E-state index contributed by atoms with van der Waals surface area (Å²) in [5.41, 5.74) is 0.759. The average molecular weight is 386 g/mol. The summed E-state index contributed by atoms with van der Waals surface area (Å²) in [7, 11) is 0.230. The molecule has 0 radical (unpaired) electrons. The standard InChI is InChI=1S/C19H19FN4O2S/c1-4-19(2)8-7-14-16(27(26)23-19)11-24(3)17(14)18(25)22-13-5-6-15(20)12(9-13)10-21/h4-6,9,11,23H,1,7-8H2,2-3H3,(H,22,25). The van der Waals surface area contributed by atoms with E-state index in [0.717, 1.165) is 6.07 Å². The fourth-order valence-corrected chi connectivity index (χ4v) is 4.47. The fraction of sp³-hybridized carbons (Fsp3) is 0.263. The van der Waals surface area contributed by atoms with Crippen LogP contribution in [0, 0.1) is 17.1 Å². The van der Waals surface area contributed by atoms with Crippen LogP contribution in [0.25, 0.3) is 0 Å². The van der Waals surface area contributed by atoms with Crippen molar-refractivity contribution < 1.29 is 13.4 Å². The Kier molecular flexibility index (Phi) is 5.00. The summed E-state index contributed by atoms with van der Waals surface area (Å²) in [4.78, 5) is 13.4. The summed E-state index contributed by atoms with van der Waals surface area (Å²) >= 11 is 0. The second-order valence-corrected chi connectivity index (χ2v) is 7.87. The van der Waals surface area contributed by atoms with Crippen LogP contribution in [0.5, 0.6) is 0 Å². The van der Waals surface area contributed by atoms with Gasteiger partial charge in [0.15, 0.2) is 0 Å².